The quantitative estimate of drug-likeness (QED) is 0.591. The van der Waals surface area contributed by atoms with E-state index in [1.165, 1.54) is 5.56 Å². The number of carbonyl (C=O) groups is 1. The van der Waals surface area contributed by atoms with Crippen LogP contribution in [0.1, 0.15) is 24.8 Å². The second-order valence-electron chi connectivity index (χ2n) is 3.35. The van der Waals surface area contributed by atoms with Gasteiger partial charge in [0.05, 0.1) is 0 Å². The van der Waals surface area contributed by atoms with Crippen LogP contribution in [0.5, 0.6) is 0 Å². The molecule has 16 heavy (non-hydrogen) atoms. The standard InChI is InChI=1S/C11H13BO2.2H2O/c12-10-6-3-5-9(8-10)4-1-2-7-11(13)14;;/h3,5-6,8H,1-2,4,7H2,(H,13,14);2*1H2/q+2;;/p-2. The van der Waals surface area contributed by atoms with Crippen LogP contribution in [-0.4, -0.2) is 29.9 Å². The molecule has 1 rings (SSSR count). The van der Waals surface area contributed by atoms with Crippen LogP contribution >= 0.6 is 0 Å². The van der Waals surface area contributed by atoms with Gasteiger partial charge in [-0.3, -0.25) is 0 Å². The van der Waals surface area contributed by atoms with Gasteiger partial charge in [-0.1, -0.05) is 0 Å². The van der Waals surface area contributed by atoms with Gasteiger partial charge in [0.25, 0.3) is 0 Å². The molecule has 0 fully saturated rings. The molecule has 0 aliphatic heterocycles. The number of aliphatic carboxylic acids is 1. The molecule has 0 amide bonds. The van der Waals surface area contributed by atoms with Gasteiger partial charge >= 0.3 is 84.7 Å². The van der Waals surface area contributed by atoms with Crippen molar-refractivity contribution in [3.8, 4) is 0 Å². The van der Waals surface area contributed by atoms with Crippen molar-refractivity contribution in [1.82, 2.24) is 0 Å². The maximum atomic E-state index is 10.2. The number of aryl methyl sites for hydroxylation is 1. The number of rotatable bonds is 5. The Bertz CT molecular complexity index is 315. The summed E-state index contributed by atoms with van der Waals surface area (Å²) in [5.41, 5.74) is 1.94. The molecule has 1 aromatic carbocycles. The van der Waals surface area contributed by atoms with Gasteiger partial charge in [0.1, 0.15) is 0 Å². The van der Waals surface area contributed by atoms with Crippen LogP contribution in [0, 0.1) is 0 Å². The van der Waals surface area contributed by atoms with Gasteiger partial charge in [-0.2, -0.15) is 0 Å². The summed E-state index contributed by atoms with van der Waals surface area (Å²) in [6.45, 7) is 0. The fraction of sp³-hybridized carbons (Fsp3) is 0.364. The van der Waals surface area contributed by atoms with Crippen LogP contribution in [0.15, 0.2) is 24.3 Å². The SMILES string of the molecule is [B+2]c1cccc(CCCCC(=O)O)c1.[OH-].[OH-]. The Morgan fingerprint density at radius 1 is 1.25 bits per heavy atom. The van der Waals surface area contributed by atoms with E-state index in [1.807, 2.05) is 24.3 Å². The van der Waals surface area contributed by atoms with E-state index in [2.05, 4.69) is 0 Å². The zero-order valence-electron chi connectivity index (χ0n) is 8.97. The van der Waals surface area contributed by atoms with Crippen molar-refractivity contribution in [2.24, 2.45) is 0 Å². The second-order valence-corrected chi connectivity index (χ2v) is 3.35. The van der Waals surface area contributed by atoms with Gasteiger partial charge in [0.15, 0.2) is 0 Å². The molecule has 0 heterocycles. The van der Waals surface area contributed by atoms with E-state index in [0.29, 0.717) is 0 Å². The van der Waals surface area contributed by atoms with Crippen molar-refractivity contribution >= 4 is 19.3 Å². The first-order chi connectivity index (χ1) is 6.68. The predicted octanol–water partition coefficient (Wildman–Crippen LogP) is 0.924. The van der Waals surface area contributed by atoms with E-state index in [-0.39, 0.29) is 17.4 Å². The van der Waals surface area contributed by atoms with Gasteiger partial charge < -0.3 is 11.0 Å². The van der Waals surface area contributed by atoms with Gasteiger partial charge in [-0.15, -0.1) is 0 Å². The van der Waals surface area contributed by atoms with Crippen LogP contribution in [0.2, 0.25) is 0 Å². The summed E-state index contributed by atoms with van der Waals surface area (Å²) in [6.07, 6.45) is 2.78. The monoisotopic (exact) mass is 222 g/mol. The molecule has 5 heteroatoms. The molecule has 0 unspecified atom stereocenters. The molecule has 0 spiro atoms. The first-order valence-corrected chi connectivity index (χ1v) is 4.74. The fourth-order valence-electron chi connectivity index (χ4n) is 1.35. The third kappa shape index (κ3) is 7.03. The van der Waals surface area contributed by atoms with E-state index in [0.717, 1.165) is 24.7 Å². The van der Waals surface area contributed by atoms with Crippen molar-refractivity contribution in [1.29, 1.82) is 0 Å². The summed E-state index contributed by atoms with van der Waals surface area (Å²) in [5.74, 6) is -0.724. The molecule has 0 saturated heterocycles. The topological polar surface area (TPSA) is 97.3 Å². The molecule has 0 aromatic heterocycles. The van der Waals surface area contributed by atoms with E-state index in [4.69, 9.17) is 13.0 Å². The molecule has 0 saturated carbocycles. The van der Waals surface area contributed by atoms with Crippen LogP contribution < -0.4 is 5.46 Å². The molecule has 0 bridgehead atoms. The summed E-state index contributed by atoms with van der Waals surface area (Å²) < 4.78 is 0. The summed E-state index contributed by atoms with van der Waals surface area (Å²) in [5, 5.41) is 8.43. The minimum Gasteiger partial charge on any atom is -0.870 e. The van der Waals surface area contributed by atoms with Gasteiger partial charge in [-0.05, 0) is 0 Å². The van der Waals surface area contributed by atoms with Crippen molar-refractivity contribution in [2.45, 2.75) is 25.7 Å². The molecule has 0 aliphatic carbocycles. The number of carboxylic acid groups (broad SMARTS) is 1. The Labute approximate surface area is 96.3 Å². The summed E-state index contributed by atoms with van der Waals surface area (Å²) in [4.78, 5) is 10.2. The zero-order chi connectivity index (χ0) is 10.4. The molecule has 4 nitrogen and oxygen atoms in total. The average Bonchev–Trinajstić information content (AvgIpc) is 2.12. The van der Waals surface area contributed by atoms with E-state index in [9.17, 15) is 4.79 Å². The van der Waals surface area contributed by atoms with Gasteiger partial charge in [0, 0.05) is 0 Å². The largest absolute Gasteiger partial charge is 0.870 e. The minimum absolute atomic E-state index is 0. The number of hydrogen-bond donors (Lipinski definition) is 1. The molecule has 0 aliphatic rings. The van der Waals surface area contributed by atoms with Crippen molar-refractivity contribution in [3.63, 3.8) is 0 Å². The van der Waals surface area contributed by atoms with Crippen LogP contribution in [0.3, 0.4) is 0 Å². The molecule has 1 aromatic rings. The molecule has 3 N–H and O–H groups in total. The number of carboxylic acids is 1. The minimum atomic E-state index is -0.724. The third-order valence-corrected chi connectivity index (χ3v) is 2.06. The predicted molar refractivity (Wildman–Crippen MR) is 60.9 cm³/mol. The van der Waals surface area contributed by atoms with Crippen molar-refractivity contribution in [3.05, 3.63) is 29.8 Å². The van der Waals surface area contributed by atoms with Crippen LogP contribution in [0.4, 0.5) is 0 Å². The maximum Gasteiger partial charge on any atom is -0.870 e. The Hall–Kier alpha value is -1.33. The molecular formula is C11H15BO4. The van der Waals surface area contributed by atoms with E-state index < -0.39 is 5.97 Å². The molecule has 0 atom stereocenters. The Morgan fingerprint density at radius 2 is 1.94 bits per heavy atom. The number of benzene rings is 1. The Balaban J connectivity index is 0. The summed E-state index contributed by atoms with van der Waals surface area (Å²) >= 11 is 0. The fourth-order valence-corrected chi connectivity index (χ4v) is 1.35. The summed E-state index contributed by atoms with van der Waals surface area (Å²) in [6, 6.07) is 7.71. The zero-order valence-corrected chi connectivity index (χ0v) is 8.97. The first kappa shape index (κ1) is 17.1. The third-order valence-electron chi connectivity index (χ3n) is 2.06. The Morgan fingerprint density at radius 3 is 2.50 bits per heavy atom. The first-order valence-electron chi connectivity index (χ1n) is 4.74. The Kier molecular flexibility index (Phi) is 9.55. The normalized spacial score (nSPS) is 8.88. The molecule has 0 radical (unpaired) electrons. The van der Waals surface area contributed by atoms with Crippen LogP contribution in [0.25, 0.3) is 0 Å². The van der Waals surface area contributed by atoms with E-state index >= 15 is 0 Å². The van der Waals surface area contributed by atoms with Crippen molar-refractivity contribution in [2.75, 3.05) is 0 Å². The van der Waals surface area contributed by atoms with Gasteiger partial charge in [0.2, 0.25) is 0 Å². The summed E-state index contributed by atoms with van der Waals surface area (Å²) in [7, 11) is 5.62. The number of hydrogen-bond acceptors (Lipinski definition) is 3. The maximum absolute atomic E-state index is 10.2. The van der Waals surface area contributed by atoms with Crippen molar-refractivity contribution < 1.29 is 20.9 Å². The van der Waals surface area contributed by atoms with E-state index in [1.54, 1.807) is 0 Å². The molecular weight excluding hydrogens is 207 g/mol. The average molecular weight is 222 g/mol. The second kappa shape index (κ2) is 8.94. The molecule has 86 valence electrons. The number of unbranched alkanes of at least 4 members (excludes halogenated alkanes) is 1. The smallest absolute Gasteiger partial charge is 0.870 e. The van der Waals surface area contributed by atoms with Crippen LogP contribution in [-0.2, 0) is 11.2 Å². The van der Waals surface area contributed by atoms with Gasteiger partial charge in [-0.25, -0.2) is 0 Å².